The van der Waals surface area contributed by atoms with Crippen LogP contribution in [0.25, 0.3) is 4.91 Å². The van der Waals surface area contributed by atoms with E-state index in [2.05, 4.69) is 53.0 Å². The van der Waals surface area contributed by atoms with Gasteiger partial charge in [-0.25, -0.2) is 0 Å². The predicted molar refractivity (Wildman–Crippen MR) is 145 cm³/mol. The molecular weight excluding hydrogens is 428 g/mol. The maximum atomic E-state index is 7.03. The Morgan fingerprint density at radius 1 is 0.844 bits per heavy atom. The maximum Gasteiger partial charge on any atom is 0.135 e. The quantitative estimate of drug-likeness (QED) is 0.264. The molecular formula is C29H48OS2. The summed E-state index contributed by atoms with van der Waals surface area (Å²) < 4.78 is 7.03. The summed E-state index contributed by atoms with van der Waals surface area (Å²) in [5, 5.41) is 2.32. The lowest BCUT2D eigenvalue weighted by Crippen LogP contribution is -2.33. The molecule has 1 nitrogen and oxygen atoms in total. The monoisotopic (exact) mass is 476 g/mol. The van der Waals surface area contributed by atoms with E-state index in [-0.39, 0.29) is 5.60 Å². The van der Waals surface area contributed by atoms with E-state index in [0.717, 1.165) is 30.1 Å². The lowest BCUT2D eigenvalue weighted by atomic mass is 9.79. The molecule has 0 bridgehead atoms. The molecule has 0 aromatic carbocycles. The Hall–Kier alpha value is -0.410. The molecule has 0 spiro atoms. The van der Waals surface area contributed by atoms with Crippen molar-refractivity contribution in [3.05, 3.63) is 27.6 Å². The van der Waals surface area contributed by atoms with Gasteiger partial charge in [-0.2, -0.15) is 0 Å². The molecule has 1 aromatic heterocycles. The lowest BCUT2D eigenvalue weighted by molar-refractivity contribution is -0.0313. The molecule has 0 N–H and O–H groups in total. The standard InChI is InChI=1S/C29H48OS2/c1-21(2)9-7-11-23(5)13-17-29(18-14-24(6)12-8-10-22(3)4)25-15-19-31-27(25)28-26(30-29)16-20-32-28/h15,19,21-24H,7-14,16-18,20H2,1-6H3. The van der Waals surface area contributed by atoms with Crippen molar-refractivity contribution in [1.29, 1.82) is 0 Å². The van der Waals surface area contributed by atoms with Crippen LogP contribution >= 0.6 is 23.1 Å². The molecule has 0 fully saturated rings. The van der Waals surface area contributed by atoms with Gasteiger partial charge in [0.25, 0.3) is 0 Å². The number of rotatable bonds is 14. The number of allylic oxidation sites excluding steroid dienone is 1. The molecule has 2 atom stereocenters. The first-order chi connectivity index (χ1) is 15.3. The van der Waals surface area contributed by atoms with Crippen molar-refractivity contribution in [2.45, 2.75) is 118 Å². The van der Waals surface area contributed by atoms with Gasteiger partial charge in [0.2, 0.25) is 0 Å². The predicted octanol–water partition coefficient (Wildman–Crippen LogP) is 10.3. The minimum absolute atomic E-state index is 0.0856. The first-order valence-electron chi connectivity index (χ1n) is 13.4. The smallest absolute Gasteiger partial charge is 0.135 e. The van der Waals surface area contributed by atoms with Gasteiger partial charge in [0.05, 0.1) is 9.78 Å². The summed E-state index contributed by atoms with van der Waals surface area (Å²) in [5.74, 6) is 5.72. The second kappa shape index (κ2) is 12.3. The summed E-state index contributed by atoms with van der Waals surface area (Å²) in [5.41, 5.74) is 1.43. The number of thioether (sulfide) groups is 1. The Morgan fingerprint density at radius 3 is 2.00 bits per heavy atom. The molecule has 182 valence electrons. The fraction of sp³-hybridized carbons (Fsp3) is 0.793. The summed E-state index contributed by atoms with van der Waals surface area (Å²) in [6.07, 6.45) is 14.2. The van der Waals surface area contributed by atoms with E-state index in [4.69, 9.17) is 4.74 Å². The van der Waals surface area contributed by atoms with E-state index in [9.17, 15) is 0 Å². The molecule has 3 rings (SSSR count). The van der Waals surface area contributed by atoms with Crippen LogP contribution in [0.4, 0.5) is 0 Å². The van der Waals surface area contributed by atoms with Crippen LogP contribution in [0, 0.1) is 23.7 Å². The molecule has 3 heteroatoms. The highest BCUT2D eigenvalue weighted by molar-refractivity contribution is 8.08. The minimum Gasteiger partial charge on any atom is -0.486 e. The number of hydrogen-bond acceptors (Lipinski definition) is 3. The highest BCUT2D eigenvalue weighted by atomic mass is 32.2. The van der Waals surface area contributed by atoms with E-state index < -0.39 is 0 Å². The van der Waals surface area contributed by atoms with Crippen LogP contribution in [-0.4, -0.2) is 5.75 Å². The third-order valence-electron chi connectivity index (χ3n) is 7.55. The van der Waals surface area contributed by atoms with Gasteiger partial charge in [-0.05, 0) is 60.8 Å². The molecule has 2 aliphatic rings. The van der Waals surface area contributed by atoms with E-state index in [0.29, 0.717) is 0 Å². The van der Waals surface area contributed by atoms with E-state index in [1.54, 1.807) is 0 Å². The Kier molecular flexibility index (Phi) is 10.1. The molecule has 0 saturated heterocycles. The van der Waals surface area contributed by atoms with Crippen molar-refractivity contribution in [2.75, 3.05) is 5.75 Å². The number of hydrogen-bond donors (Lipinski definition) is 0. The molecule has 32 heavy (non-hydrogen) atoms. The summed E-state index contributed by atoms with van der Waals surface area (Å²) in [7, 11) is 0. The Morgan fingerprint density at radius 2 is 1.44 bits per heavy atom. The third kappa shape index (κ3) is 7.05. The highest BCUT2D eigenvalue weighted by Gasteiger charge is 2.43. The second-order valence-electron chi connectivity index (χ2n) is 11.5. The average molecular weight is 477 g/mol. The molecule has 0 radical (unpaired) electrons. The van der Waals surface area contributed by atoms with Gasteiger partial charge in [-0.15, -0.1) is 23.1 Å². The van der Waals surface area contributed by atoms with Crippen LogP contribution in [0.3, 0.4) is 0 Å². The van der Waals surface area contributed by atoms with Gasteiger partial charge in [-0.1, -0.05) is 80.1 Å². The number of fused-ring (bicyclic) bond motifs is 2. The van der Waals surface area contributed by atoms with Crippen molar-refractivity contribution >= 4 is 28.0 Å². The number of thiophene rings is 1. The van der Waals surface area contributed by atoms with Crippen LogP contribution in [0.15, 0.2) is 17.2 Å². The van der Waals surface area contributed by atoms with Crippen molar-refractivity contribution in [2.24, 2.45) is 23.7 Å². The van der Waals surface area contributed by atoms with Gasteiger partial charge >= 0.3 is 0 Å². The first kappa shape index (κ1) is 26.2. The van der Waals surface area contributed by atoms with Gasteiger partial charge in [0.15, 0.2) is 0 Å². The van der Waals surface area contributed by atoms with Crippen molar-refractivity contribution in [3.63, 3.8) is 0 Å². The summed E-state index contributed by atoms with van der Waals surface area (Å²) in [6, 6.07) is 2.40. The van der Waals surface area contributed by atoms with E-state index >= 15 is 0 Å². The maximum absolute atomic E-state index is 7.03. The summed E-state index contributed by atoms with van der Waals surface area (Å²) in [4.78, 5) is 2.99. The lowest BCUT2D eigenvalue weighted by Gasteiger charge is -2.40. The van der Waals surface area contributed by atoms with Crippen LogP contribution in [0.2, 0.25) is 0 Å². The first-order valence-corrected chi connectivity index (χ1v) is 15.3. The zero-order chi connectivity index (χ0) is 23.1. The van der Waals surface area contributed by atoms with Crippen LogP contribution < -0.4 is 0 Å². The van der Waals surface area contributed by atoms with E-state index in [1.165, 1.54) is 91.1 Å². The van der Waals surface area contributed by atoms with Crippen molar-refractivity contribution < 1.29 is 4.74 Å². The van der Waals surface area contributed by atoms with Crippen LogP contribution in [0.1, 0.15) is 123 Å². The highest BCUT2D eigenvalue weighted by Crippen LogP contribution is 2.55. The molecule has 0 aliphatic carbocycles. The Labute approximate surface area is 207 Å². The molecule has 0 saturated carbocycles. The Bertz CT molecular complexity index is 705. The molecule has 1 aromatic rings. The topological polar surface area (TPSA) is 9.23 Å². The van der Waals surface area contributed by atoms with Crippen molar-refractivity contribution in [3.8, 4) is 0 Å². The van der Waals surface area contributed by atoms with Gasteiger partial charge in [0.1, 0.15) is 11.4 Å². The number of ether oxygens (including phenoxy) is 1. The van der Waals surface area contributed by atoms with Crippen molar-refractivity contribution in [1.82, 2.24) is 0 Å². The Balaban J connectivity index is 1.68. The molecule has 2 aliphatic heterocycles. The zero-order valence-electron chi connectivity index (χ0n) is 21.7. The molecule has 2 unspecified atom stereocenters. The SMILES string of the molecule is CC(C)CCCC(C)CCC1(CCC(C)CCCC(C)C)OC2=C(SCC2)c2sccc21. The average Bonchev–Trinajstić information content (AvgIpc) is 3.39. The molecule has 3 heterocycles. The fourth-order valence-corrected chi connectivity index (χ4v) is 7.66. The van der Waals surface area contributed by atoms with Gasteiger partial charge in [-0.3, -0.25) is 0 Å². The second-order valence-corrected chi connectivity index (χ2v) is 13.6. The largest absolute Gasteiger partial charge is 0.486 e. The minimum atomic E-state index is -0.0856. The van der Waals surface area contributed by atoms with Gasteiger partial charge in [0, 0.05) is 17.7 Å². The zero-order valence-corrected chi connectivity index (χ0v) is 23.3. The normalized spacial score (nSPS) is 22.2. The van der Waals surface area contributed by atoms with Gasteiger partial charge < -0.3 is 4.74 Å². The fourth-order valence-electron chi connectivity index (χ4n) is 5.36. The third-order valence-corrected chi connectivity index (χ3v) is 9.74. The summed E-state index contributed by atoms with van der Waals surface area (Å²) in [6.45, 7) is 14.3. The summed E-state index contributed by atoms with van der Waals surface area (Å²) >= 11 is 3.96. The van der Waals surface area contributed by atoms with Crippen LogP contribution in [0.5, 0.6) is 0 Å². The van der Waals surface area contributed by atoms with Crippen LogP contribution in [-0.2, 0) is 10.3 Å². The molecule has 0 amide bonds. The van der Waals surface area contributed by atoms with E-state index in [1.807, 2.05) is 23.1 Å².